The summed E-state index contributed by atoms with van der Waals surface area (Å²) < 4.78 is 2.11. The van der Waals surface area contributed by atoms with E-state index in [4.69, 9.17) is 0 Å². The third-order valence-electron chi connectivity index (χ3n) is 3.02. The van der Waals surface area contributed by atoms with Crippen molar-refractivity contribution in [3.05, 3.63) is 48.5 Å². The van der Waals surface area contributed by atoms with Crippen LogP contribution in [0.5, 0.6) is 0 Å². The van der Waals surface area contributed by atoms with E-state index in [0.29, 0.717) is 0 Å². The van der Waals surface area contributed by atoms with Crippen molar-refractivity contribution < 1.29 is 68.8 Å². The van der Waals surface area contributed by atoms with Crippen molar-refractivity contribution in [3.63, 3.8) is 0 Å². The molecule has 0 saturated heterocycles. The molecule has 0 unspecified atom stereocenters. The number of nitrogens with one attached hydrogen (secondary N) is 2. The Balaban J connectivity index is 0. The van der Waals surface area contributed by atoms with Crippen LogP contribution in [0, 0.1) is 0 Å². The Morgan fingerprint density at radius 2 is 1.00 bits per heavy atom. The van der Waals surface area contributed by atoms with Crippen LogP contribution >= 0.6 is 0 Å². The molecule has 0 bridgehead atoms. The van der Waals surface area contributed by atoms with Gasteiger partial charge in [0.1, 0.15) is 0 Å². The summed E-state index contributed by atoms with van der Waals surface area (Å²) in [5.74, 6) is 0. The summed E-state index contributed by atoms with van der Waals surface area (Å²) in [4.78, 5) is 16.0. The molecule has 4 rings (SSSR count). The topological polar surface area (TPSA) is 57.4 Å². The molecular formula is C15H14Cl4N4Ti. The molecule has 0 spiro atoms. The zero-order valence-electron chi connectivity index (χ0n) is 11.5. The molecule has 24 heavy (non-hydrogen) atoms. The second kappa shape index (κ2) is 11.0. The minimum absolute atomic E-state index is 0. The number of H-pyrrole nitrogens is 2. The maximum atomic E-state index is 4.62. The SMILES string of the molecule is C.[Cl-].[Cl-].[Cl-].[Cl-].c1ccc2[nH][c]([Ti+4][c]3nc4ccccc4[nH]3)nc2c1. The normalized spacial score (nSPS) is 9.17. The fourth-order valence-corrected chi connectivity index (χ4v) is 3.65. The van der Waals surface area contributed by atoms with E-state index in [0.717, 1.165) is 30.3 Å². The Morgan fingerprint density at radius 3 is 1.38 bits per heavy atom. The molecule has 126 valence electrons. The van der Waals surface area contributed by atoms with Gasteiger partial charge in [-0.1, -0.05) is 7.43 Å². The molecule has 2 aromatic heterocycles. The predicted octanol–water partition coefficient (Wildman–Crippen LogP) is -9.88. The van der Waals surface area contributed by atoms with Crippen molar-refractivity contribution >= 4 is 30.3 Å². The van der Waals surface area contributed by atoms with Gasteiger partial charge in [-0.15, -0.1) is 0 Å². The monoisotopic (exact) mass is 438 g/mol. The van der Waals surface area contributed by atoms with Gasteiger partial charge in [0.2, 0.25) is 0 Å². The number of imidazole rings is 2. The number of hydrogen-bond donors (Lipinski definition) is 2. The van der Waals surface area contributed by atoms with Crippen LogP contribution in [-0.2, 0) is 19.2 Å². The molecule has 0 amide bonds. The third-order valence-corrected chi connectivity index (χ3v) is 4.49. The van der Waals surface area contributed by atoms with Gasteiger partial charge in [0, 0.05) is 0 Å². The molecule has 0 saturated carbocycles. The summed E-state index contributed by atoms with van der Waals surface area (Å²) in [6.45, 7) is 0. The Labute approximate surface area is 174 Å². The first-order chi connectivity index (χ1) is 9.38. The van der Waals surface area contributed by atoms with Crippen molar-refractivity contribution in [2.75, 3.05) is 0 Å². The molecule has 4 nitrogen and oxygen atoms in total. The van der Waals surface area contributed by atoms with Gasteiger partial charge in [-0.25, -0.2) is 0 Å². The number of aromatic amines is 2. The first-order valence-electron chi connectivity index (χ1n) is 6.05. The predicted molar refractivity (Wildman–Crippen MR) is 78.2 cm³/mol. The third kappa shape index (κ3) is 5.12. The van der Waals surface area contributed by atoms with Crippen LogP contribution in [0.2, 0.25) is 0 Å². The Hall–Kier alpha value is -0.746. The van der Waals surface area contributed by atoms with E-state index in [-0.39, 0.29) is 57.1 Å². The molecule has 2 aromatic carbocycles. The average molecular weight is 440 g/mol. The van der Waals surface area contributed by atoms with Crippen LogP contribution in [0.1, 0.15) is 7.43 Å². The van der Waals surface area contributed by atoms with Crippen molar-refractivity contribution in [3.8, 4) is 0 Å². The molecule has 0 aliphatic carbocycles. The van der Waals surface area contributed by atoms with Crippen LogP contribution in [0.3, 0.4) is 0 Å². The number of halogens is 4. The van der Waals surface area contributed by atoms with Gasteiger partial charge in [0.15, 0.2) is 0 Å². The van der Waals surface area contributed by atoms with Crippen molar-refractivity contribution in [1.29, 1.82) is 0 Å². The molecule has 0 atom stereocenters. The van der Waals surface area contributed by atoms with Crippen molar-refractivity contribution in [2.24, 2.45) is 0 Å². The second-order valence-corrected chi connectivity index (χ2v) is 6.20. The summed E-state index contributed by atoms with van der Waals surface area (Å²) >= 11 is -0.549. The summed E-state index contributed by atoms with van der Waals surface area (Å²) in [5.41, 5.74) is 4.24. The van der Waals surface area contributed by atoms with E-state index < -0.39 is 19.2 Å². The van der Waals surface area contributed by atoms with Gasteiger partial charge < -0.3 is 49.6 Å². The number of rotatable bonds is 2. The van der Waals surface area contributed by atoms with Gasteiger partial charge in [0.05, 0.1) is 0 Å². The fourth-order valence-electron chi connectivity index (χ4n) is 2.14. The number of nitrogens with zero attached hydrogens (tertiary/aromatic N) is 2. The van der Waals surface area contributed by atoms with Crippen LogP contribution in [-0.4, -0.2) is 19.9 Å². The fraction of sp³-hybridized carbons (Fsp3) is 0.0667. The van der Waals surface area contributed by atoms with E-state index in [1.165, 1.54) is 0 Å². The van der Waals surface area contributed by atoms with Gasteiger partial charge >= 0.3 is 118 Å². The van der Waals surface area contributed by atoms with Crippen LogP contribution in [0.25, 0.3) is 22.1 Å². The average Bonchev–Trinajstić information content (AvgIpc) is 3.00. The zero-order chi connectivity index (χ0) is 12.7. The Bertz CT molecular complexity index is 740. The quantitative estimate of drug-likeness (QED) is 0.305. The van der Waals surface area contributed by atoms with Gasteiger partial charge in [-0.3, -0.25) is 0 Å². The number of para-hydroxylation sites is 4. The van der Waals surface area contributed by atoms with Gasteiger partial charge in [0.25, 0.3) is 0 Å². The molecule has 0 aliphatic rings. The molecule has 0 aliphatic heterocycles. The van der Waals surface area contributed by atoms with E-state index >= 15 is 0 Å². The first kappa shape index (κ1) is 25.5. The Morgan fingerprint density at radius 1 is 0.625 bits per heavy atom. The summed E-state index contributed by atoms with van der Waals surface area (Å²) in [5, 5.41) is 0. The van der Waals surface area contributed by atoms with Crippen LogP contribution < -0.4 is 57.9 Å². The summed E-state index contributed by atoms with van der Waals surface area (Å²) in [7, 11) is 0. The summed E-state index contributed by atoms with van der Waals surface area (Å²) in [6, 6.07) is 16.2. The van der Waals surface area contributed by atoms with Crippen LogP contribution in [0.4, 0.5) is 0 Å². The van der Waals surface area contributed by atoms with E-state index in [1.807, 2.05) is 36.4 Å². The van der Waals surface area contributed by atoms with E-state index in [9.17, 15) is 0 Å². The maximum absolute atomic E-state index is 4.62. The Kier molecular flexibility index (Phi) is 11.7. The minimum atomic E-state index is -0.549. The zero-order valence-corrected chi connectivity index (χ0v) is 16.1. The number of fused-ring (bicyclic) bond motifs is 2. The molecular weight excluding hydrogens is 426 g/mol. The first-order valence-corrected chi connectivity index (χ1v) is 7.61. The molecule has 2 heterocycles. The molecule has 4 aromatic rings. The van der Waals surface area contributed by atoms with Crippen LogP contribution in [0.15, 0.2) is 48.5 Å². The molecule has 0 radical (unpaired) electrons. The molecule has 0 fully saturated rings. The summed E-state index contributed by atoms with van der Waals surface area (Å²) in [6.07, 6.45) is 0. The molecule has 2 N–H and O–H groups in total. The van der Waals surface area contributed by atoms with Crippen molar-refractivity contribution in [2.45, 2.75) is 7.43 Å². The number of hydrogen-bond acceptors (Lipinski definition) is 2. The van der Waals surface area contributed by atoms with E-state index in [2.05, 4.69) is 32.1 Å². The van der Waals surface area contributed by atoms with E-state index in [1.54, 1.807) is 0 Å². The standard InChI is InChI=1S/2C7H5N2.CH4.4ClH.Ti/c2*1-2-4-7-6(3-1)8-5-9-7;;;;;;/h2*1-4H,(H,8,9);1H4;4*1H;/q;;;;;;;+4/p-4. The van der Waals surface area contributed by atoms with Gasteiger partial charge in [-0.05, 0) is 0 Å². The molecule has 9 heteroatoms. The number of benzene rings is 2. The second-order valence-electron chi connectivity index (χ2n) is 4.33. The number of aromatic nitrogens is 4. The van der Waals surface area contributed by atoms with Crippen molar-refractivity contribution in [1.82, 2.24) is 19.9 Å². The van der Waals surface area contributed by atoms with Gasteiger partial charge in [-0.2, -0.15) is 0 Å².